The Hall–Kier alpha value is -1.04. The first kappa shape index (κ1) is 14.9. The lowest BCUT2D eigenvalue weighted by Crippen LogP contribution is -2.58. The van der Waals surface area contributed by atoms with Crippen LogP contribution in [0.2, 0.25) is 0 Å². The van der Waals surface area contributed by atoms with Crippen LogP contribution in [-0.2, 0) is 11.3 Å². The van der Waals surface area contributed by atoms with Crippen LogP contribution in [0.25, 0.3) is 0 Å². The molecule has 0 saturated carbocycles. The van der Waals surface area contributed by atoms with Crippen LogP contribution in [-0.4, -0.2) is 45.7 Å². The Morgan fingerprint density at radius 3 is 2.71 bits per heavy atom. The number of likely N-dealkylation sites (tertiary alicyclic amines) is 1. The third kappa shape index (κ3) is 3.59. The maximum absolute atomic E-state index is 11.2. The molecule has 2 saturated heterocycles. The summed E-state index contributed by atoms with van der Waals surface area (Å²) in [7, 11) is 0. The van der Waals surface area contributed by atoms with E-state index in [2.05, 4.69) is 34.5 Å². The van der Waals surface area contributed by atoms with Crippen LogP contribution in [0.1, 0.15) is 24.8 Å². The molecule has 2 aliphatic heterocycles. The summed E-state index contributed by atoms with van der Waals surface area (Å²) >= 11 is 1.91. The van der Waals surface area contributed by atoms with Gasteiger partial charge in [-0.25, -0.2) is 0 Å². The monoisotopic (exact) mass is 306 g/mol. The minimum absolute atomic E-state index is 0.0194. The van der Waals surface area contributed by atoms with Crippen molar-refractivity contribution in [1.82, 2.24) is 10.2 Å². The van der Waals surface area contributed by atoms with Gasteiger partial charge in [-0.2, -0.15) is 0 Å². The molecule has 1 spiro atoms. The molecule has 5 heteroatoms. The molecule has 3 rings (SSSR count). The molecule has 2 aliphatic rings. The first-order valence-electron chi connectivity index (χ1n) is 7.58. The van der Waals surface area contributed by atoms with E-state index in [1.165, 1.54) is 5.56 Å². The number of carbonyl (C=O) groups is 1. The number of carboxylic acids is 1. The highest BCUT2D eigenvalue weighted by molar-refractivity contribution is 8.00. The Morgan fingerprint density at radius 1 is 1.33 bits per heavy atom. The predicted molar refractivity (Wildman–Crippen MR) is 85.3 cm³/mol. The van der Waals surface area contributed by atoms with Crippen molar-refractivity contribution in [2.75, 3.05) is 18.8 Å². The molecule has 0 amide bonds. The topological polar surface area (TPSA) is 52.6 Å². The number of rotatable bonds is 3. The molecule has 4 nitrogen and oxygen atoms in total. The van der Waals surface area contributed by atoms with Gasteiger partial charge >= 0.3 is 5.97 Å². The Kier molecular flexibility index (Phi) is 4.52. The minimum atomic E-state index is -0.707. The molecule has 0 bridgehead atoms. The van der Waals surface area contributed by atoms with Gasteiger partial charge in [0.05, 0.1) is 4.87 Å². The van der Waals surface area contributed by atoms with Gasteiger partial charge in [-0.05, 0) is 30.6 Å². The summed E-state index contributed by atoms with van der Waals surface area (Å²) in [5, 5.41) is 12.6. The number of benzene rings is 1. The Bertz CT molecular complexity index is 486. The Morgan fingerprint density at radius 2 is 2.05 bits per heavy atom. The van der Waals surface area contributed by atoms with Crippen molar-refractivity contribution in [2.45, 2.75) is 36.7 Å². The minimum Gasteiger partial charge on any atom is -0.480 e. The predicted octanol–water partition coefficient (Wildman–Crippen LogP) is 2.16. The van der Waals surface area contributed by atoms with Crippen molar-refractivity contribution in [3.05, 3.63) is 35.9 Å². The van der Waals surface area contributed by atoms with Gasteiger partial charge in [-0.1, -0.05) is 30.3 Å². The number of nitrogens with zero attached hydrogens (tertiary/aromatic N) is 1. The standard InChI is InChI=1S/C16H22N2O2S/c19-15(20)14-6-11-21-16(17-14)7-9-18(10-8-16)12-13-4-2-1-3-5-13/h1-5,14,17H,6-12H2,(H,19,20). The molecule has 0 radical (unpaired) electrons. The lowest BCUT2D eigenvalue weighted by molar-refractivity contribution is -0.140. The van der Waals surface area contributed by atoms with Crippen LogP contribution in [0.15, 0.2) is 30.3 Å². The zero-order valence-electron chi connectivity index (χ0n) is 12.1. The molecule has 1 aromatic rings. The number of carboxylic acid groups (broad SMARTS) is 1. The molecule has 0 aromatic heterocycles. The quantitative estimate of drug-likeness (QED) is 0.896. The number of nitrogens with one attached hydrogen (secondary N) is 1. The van der Waals surface area contributed by atoms with Gasteiger partial charge in [-0.15, -0.1) is 11.8 Å². The molecular weight excluding hydrogens is 284 g/mol. The average Bonchev–Trinajstić information content (AvgIpc) is 2.51. The van der Waals surface area contributed by atoms with Crippen molar-refractivity contribution in [3.8, 4) is 0 Å². The summed E-state index contributed by atoms with van der Waals surface area (Å²) in [6.45, 7) is 3.05. The molecule has 2 fully saturated rings. The normalized spacial score (nSPS) is 25.8. The third-order valence-electron chi connectivity index (χ3n) is 4.43. The van der Waals surface area contributed by atoms with Crippen molar-refractivity contribution in [3.63, 3.8) is 0 Å². The van der Waals surface area contributed by atoms with E-state index in [1.807, 2.05) is 17.8 Å². The fourth-order valence-electron chi connectivity index (χ4n) is 3.19. The lowest BCUT2D eigenvalue weighted by Gasteiger charge is -2.46. The Labute approximate surface area is 129 Å². The summed E-state index contributed by atoms with van der Waals surface area (Å²) < 4.78 is 0. The van der Waals surface area contributed by atoms with Crippen LogP contribution in [0.3, 0.4) is 0 Å². The van der Waals surface area contributed by atoms with Gasteiger partial charge in [0.2, 0.25) is 0 Å². The molecule has 1 aromatic carbocycles. The van der Waals surface area contributed by atoms with Crippen LogP contribution < -0.4 is 5.32 Å². The van der Waals surface area contributed by atoms with Crippen molar-refractivity contribution in [2.24, 2.45) is 0 Å². The van der Waals surface area contributed by atoms with E-state index < -0.39 is 5.97 Å². The van der Waals surface area contributed by atoms with Gasteiger partial charge in [-0.3, -0.25) is 15.0 Å². The molecular formula is C16H22N2O2S. The maximum atomic E-state index is 11.2. The van der Waals surface area contributed by atoms with Crippen LogP contribution in [0.5, 0.6) is 0 Å². The van der Waals surface area contributed by atoms with Gasteiger partial charge in [0.15, 0.2) is 0 Å². The molecule has 21 heavy (non-hydrogen) atoms. The first-order chi connectivity index (χ1) is 10.2. The van der Waals surface area contributed by atoms with E-state index in [4.69, 9.17) is 0 Å². The highest BCUT2D eigenvalue weighted by Crippen LogP contribution is 2.38. The van der Waals surface area contributed by atoms with E-state index >= 15 is 0 Å². The summed E-state index contributed by atoms with van der Waals surface area (Å²) in [4.78, 5) is 13.6. The van der Waals surface area contributed by atoms with Crippen molar-refractivity contribution in [1.29, 1.82) is 0 Å². The number of hydrogen-bond donors (Lipinski definition) is 2. The molecule has 2 heterocycles. The molecule has 0 aliphatic carbocycles. The lowest BCUT2D eigenvalue weighted by atomic mass is 10.0. The number of aliphatic carboxylic acids is 1. The first-order valence-corrected chi connectivity index (χ1v) is 8.56. The van der Waals surface area contributed by atoms with Crippen molar-refractivity contribution < 1.29 is 9.90 Å². The van der Waals surface area contributed by atoms with E-state index in [0.717, 1.165) is 44.6 Å². The smallest absolute Gasteiger partial charge is 0.320 e. The number of hydrogen-bond acceptors (Lipinski definition) is 4. The second kappa shape index (κ2) is 6.38. The highest BCUT2D eigenvalue weighted by Gasteiger charge is 2.41. The molecule has 1 unspecified atom stereocenters. The number of piperidine rings is 1. The van der Waals surface area contributed by atoms with Gasteiger partial charge in [0, 0.05) is 19.6 Å². The van der Waals surface area contributed by atoms with E-state index in [0.29, 0.717) is 0 Å². The second-order valence-electron chi connectivity index (χ2n) is 5.93. The van der Waals surface area contributed by atoms with E-state index in [9.17, 15) is 9.90 Å². The van der Waals surface area contributed by atoms with Crippen LogP contribution in [0.4, 0.5) is 0 Å². The molecule has 1 atom stereocenters. The van der Waals surface area contributed by atoms with Crippen LogP contribution >= 0.6 is 11.8 Å². The molecule has 114 valence electrons. The van der Waals surface area contributed by atoms with E-state index in [-0.39, 0.29) is 10.9 Å². The van der Waals surface area contributed by atoms with E-state index in [1.54, 1.807) is 0 Å². The van der Waals surface area contributed by atoms with Crippen LogP contribution in [0, 0.1) is 0 Å². The number of thioether (sulfide) groups is 1. The maximum Gasteiger partial charge on any atom is 0.320 e. The largest absolute Gasteiger partial charge is 0.480 e. The SMILES string of the molecule is O=C(O)C1CCSC2(CCN(Cc3ccccc3)CC2)N1. The van der Waals surface area contributed by atoms with Gasteiger partial charge in [0.25, 0.3) is 0 Å². The average molecular weight is 306 g/mol. The zero-order valence-corrected chi connectivity index (χ0v) is 12.9. The second-order valence-corrected chi connectivity index (χ2v) is 7.41. The summed E-state index contributed by atoms with van der Waals surface area (Å²) in [6, 6.07) is 10.2. The third-order valence-corrected chi connectivity index (χ3v) is 5.95. The molecule has 2 N–H and O–H groups in total. The van der Waals surface area contributed by atoms with Gasteiger partial charge in [0.1, 0.15) is 6.04 Å². The fraction of sp³-hybridized carbons (Fsp3) is 0.562. The summed E-state index contributed by atoms with van der Waals surface area (Å²) in [5.74, 6) is 0.240. The summed E-state index contributed by atoms with van der Waals surface area (Å²) in [6.07, 6.45) is 2.78. The summed E-state index contributed by atoms with van der Waals surface area (Å²) in [5.41, 5.74) is 1.35. The highest BCUT2D eigenvalue weighted by atomic mass is 32.2. The van der Waals surface area contributed by atoms with Crippen molar-refractivity contribution >= 4 is 17.7 Å². The zero-order chi connectivity index (χ0) is 14.7. The Balaban J connectivity index is 1.56. The van der Waals surface area contributed by atoms with Gasteiger partial charge < -0.3 is 5.11 Å². The fourth-order valence-corrected chi connectivity index (χ4v) is 4.63.